The number of hydrogen-bond acceptors (Lipinski definition) is 2. The second kappa shape index (κ2) is 4.91. The molecule has 4 unspecified atom stereocenters. The lowest BCUT2D eigenvalue weighted by molar-refractivity contribution is 0.208. The summed E-state index contributed by atoms with van der Waals surface area (Å²) in [6.07, 6.45) is 12.2. The number of rotatable bonds is 2. The number of nitriles is 1. The van der Waals surface area contributed by atoms with Crippen LogP contribution in [0.2, 0.25) is 0 Å². The summed E-state index contributed by atoms with van der Waals surface area (Å²) in [6, 6.07) is 0.679. The summed E-state index contributed by atoms with van der Waals surface area (Å²) < 4.78 is 0. The van der Waals surface area contributed by atoms with Gasteiger partial charge in [-0.15, -0.1) is 0 Å². The van der Waals surface area contributed by atoms with Crippen LogP contribution in [0.1, 0.15) is 45.4 Å². The Kier molecular flexibility index (Phi) is 3.28. The van der Waals surface area contributed by atoms with E-state index in [0.29, 0.717) is 12.0 Å². The van der Waals surface area contributed by atoms with Gasteiger partial charge in [-0.1, -0.05) is 13.3 Å². The van der Waals surface area contributed by atoms with Crippen LogP contribution in [0.5, 0.6) is 0 Å². The molecule has 0 aromatic carbocycles. The Bertz CT molecular complexity index is 382. The van der Waals surface area contributed by atoms with Gasteiger partial charge in [-0.05, 0) is 50.4 Å². The Morgan fingerprint density at radius 2 is 2.33 bits per heavy atom. The van der Waals surface area contributed by atoms with Crippen LogP contribution in [-0.2, 0) is 0 Å². The average molecular weight is 244 g/mol. The second-order valence-electron chi connectivity index (χ2n) is 6.04. The van der Waals surface area contributed by atoms with Crippen LogP contribution < -0.4 is 0 Å². The number of likely N-dealkylation sites (tertiary alicyclic amines) is 1. The zero-order chi connectivity index (χ0) is 12.5. The molecule has 1 saturated heterocycles. The SMILES string of the molecule is CCC1[CH]CCN(C2CC3CCC2C3)C1=NC#N. The fourth-order valence-electron chi connectivity index (χ4n) is 4.32. The highest BCUT2D eigenvalue weighted by molar-refractivity contribution is 5.87. The van der Waals surface area contributed by atoms with Crippen LogP contribution in [0.3, 0.4) is 0 Å². The molecule has 0 spiro atoms. The minimum Gasteiger partial charge on any atom is -0.356 e. The molecule has 3 fully saturated rings. The average Bonchev–Trinajstić information content (AvgIpc) is 3.01. The van der Waals surface area contributed by atoms with Crippen molar-refractivity contribution in [3.05, 3.63) is 6.42 Å². The summed E-state index contributed by atoms with van der Waals surface area (Å²) in [4.78, 5) is 6.65. The Morgan fingerprint density at radius 3 is 2.94 bits per heavy atom. The van der Waals surface area contributed by atoms with Crippen molar-refractivity contribution in [1.82, 2.24) is 4.90 Å². The molecular weight excluding hydrogens is 222 g/mol. The van der Waals surface area contributed by atoms with Gasteiger partial charge >= 0.3 is 0 Å². The molecule has 2 saturated carbocycles. The third-order valence-corrected chi connectivity index (χ3v) is 5.15. The predicted octanol–water partition coefficient (Wildman–Crippen LogP) is 2.99. The van der Waals surface area contributed by atoms with Crippen LogP contribution in [-0.4, -0.2) is 23.3 Å². The summed E-state index contributed by atoms with van der Waals surface area (Å²) >= 11 is 0. The van der Waals surface area contributed by atoms with Gasteiger partial charge in [0.25, 0.3) is 0 Å². The van der Waals surface area contributed by atoms with Crippen LogP contribution in [0.25, 0.3) is 0 Å². The summed E-state index contributed by atoms with van der Waals surface area (Å²) in [7, 11) is 0. The standard InChI is InChI=1S/C15H22N3/c1-2-12-4-3-7-18(15(12)17-10-16)14-9-11-5-6-13(14)8-11/h4,11-14H,2-3,5-9H2,1H3. The number of aliphatic imine (C=N–C) groups is 1. The molecule has 1 aliphatic heterocycles. The number of nitrogens with zero attached hydrogens (tertiary/aromatic N) is 3. The Labute approximate surface area is 110 Å². The predicted molar refractivity (Wildman–Crippen MR) is 71.7 cm³/mol. The molecule has 97 valence electrons. The lowest BCUT2D eigenvalue weighted by atomic mass is 9.88. The summed E-state index contributed by atoms with van der Waals surface area (Å²) in [5.41, 5.74) is 0. The molecule has 2 aliphatic carbocycles. The van der Waals surface area contributed by atoms with E-state index in [9.17, 15) is 0 Å². The molecule has 18 heavy (non-hydrogen) atoms. The largest absolute Gasteiger partial charge is 0.356 e. The first-order valence-corrected chi connectivity index (χ1v) is 7.40. The van der Waals surface area contributed by atoms with Gasteiger partial charge < -0.3 is 4.90 Å². The normalized spacial score (nSPS) is 41.3. The van der Waals surface area contributed by atoms with Crippen molar-refractivity contribution in [1.29, 1.82) is 5.26 Å². The summed E-state index contributed by atoms with van der Waals surface area (Å²) in [6.45, 7) is 3.27. The lowest BCUT2D eigenvalue weighted by Gasteiger charge is -2.42. The summed E-state index contributed by atoms with van der Waals surface area (Å²) in [5, 5.41) is 8.95. The van der Waals surface area contributed by atoms with E-state index in [2.05, 4.69) is 23.2 Å². The highest BCUT2D eigenvalue weighted by Gasteiger charge is 2.44. The minimum absolute atomic E-state index is 0.400. The van der Waals surface area contributed by atoms with Crippen molar-refractivity contribution < 1.29 is 0 Å². The van der Waals surface area contributed by atoms with E-state index in [4.69, 9.17) is 5.26 Å². The van der Waals surface area contributed by atoms with Crippen LogP contribution in [0.4, 0.5) is 0 Å². The van der Waals surface area contributed by atoms with E-state index in [0.717, 1.165) is 37.1 Å². The van der Waals surface area contributed by atoms with Gasteiger partial charge in [0, 0.05) is 18.5 Å². The molecule has 3 nitrogen and oxygen atoms in total. The number of fused-ring (bicyclic) bond motifs is 2. The number of amidine groups is 1. The van der Waals surface area contributed by atoms with E-state index < -0.39 is 0 Å². The molecule has 0 N–H and O–H groups in total. The fraction of sp³-hybridized carbons (Fsp3) is 0.800. The van der Waals surface area contributed by atoms with Crippen molar-refractivity contribution in [2.24, 2.45) is 22.7 Å². The van der Waals surface area contributed by atoms with Crippen LogP contribution in [0, 0.1) is 35.6 Å². The van der Waals surface area contributed by atoms with Gasteiger partial charge in [0.2, 0.25) is 6.19 Å². The molecule has 0 aromatic rings. The van der Waals surface area contributed by atoms with E-state index in [-0.39, 0.29) is 0 Å². The third kappa shape index (κ3) is 1.92. The Hall–Kier alpha value is -1.04. The smallest absolute Gasteiger partial charge is 0.207 e. The van der Waals surface area contributed by atoms with E-state index >= 15 is 0 Å². The van der Waals surface area contributed by atoms with Crippen molar-refractivity contribution in [2.45, 2.75) is 51.5 Å². The highest BCUT2D eigenvalue weighted by atomic mass is 15.2. The molecular formula is C15H22N3. The zero-order valence-corrected chi connectivity index (χ0v) is 11.2. The van der Waals surface area contributed by atoms with Crippen molar-refractivity contribution in [3.63, 3.8) is 0 Å². The first kappa shape index (κ1) is 12.0. The van der Waals surface area contributed by atoms with Gasteiger partial charge in [0.1, 0.15) is 5.84 Å². The molecule has 3 rings (SSSR count). The molecule has 0 aromatic heterocycles. The quantitative estimate of drug-likeness (QED) is 0.700. The maximum absolute atomic E-state index is 8.95. The molecule has 4 atom stereocenters. The maximum Gasteiger partial charge on any atom is 0.207 e. The molecule has 1 radical (unpaired) electrons. The third-order valence-electron chi connectivity index (χ3n) is 5.15. The Balaban J connectivity index is 1.81. The van der Waals surface area contributed by atoms with Crippen molar-refractivity contribution >= 4 is 5.84 Å². The molecule has 2 bridgehead atoms. The van der Waals surface area contributed by atoms with E-state index in [1.165, 1.54) is 25.7 Å². The van der Waals surface area contributed by atoms with E-state index in [1.807, 2.05) is 6.19 Å². The number of piperidine rings is 1. The zero-order valence-electron chi connectivity index (χ0n) is 11.2. The van der Waals surface area contributed by atoms with Gasteiger partial charge in [-0.3, -0.25) is 0 Å². The molecule has 3 heteroatoms. The first-order chi connectivity index (χ1) is 8.83. The molecule has 3 aliphatic rings. The van der Waals surface area contributed by atoms with Gasteiger partial charge in [0.15, 0.2) is 0 Å². The van der Waals surface area contributed by atoms with Gasteiger partial charge in [-0.2, -0.15) is 10.3 Å². The van der Waals surface area contributed by atoms with Gasteiger partial charge in [-0.25, -0.2) is 0 Å². The lowest BCUT2D eigenvalue weighted by Crippen LogP contribution is -2.49. The highest BCUT2D eigenvalue weighted by Crippen LogP contribution is 2.47. The summed E-state index contributed by atoms with van der Waals surface area (Å²) in [5.74, 6) is 3.28. The first-order valence-electron chi connectivity index (χ1n) is 7.40. The molecule has 0 amide bonds. The fourth-order valence-corrected chi connectivity index (χ4v) is 4.32. The maximum atomic E-state index is 8.95. The van der Waals surface area contributed by atoms with Crippen LogP contribution in [0.15, 0.2) is 4.99 Å². The van der Waals surface area contributed by atoms with Crippen LogP contribution >= 0.6 is 0 Å². The van der Waals surface area contributed by atoms with Crippen molar-refractivity contribution in [2.75, 3.05) is 6.54 Å². The number of hydrogen-bond donors (Lipinski definition) is 0. The Morgan fingerprint density at radius 1 is 1.44 bits per heavy atom. The minimum atomic E-state index is 0.400. The monoisotopic (exact) mass is 244 g/mol. The molecule has 1 heterocycles. The topological polar surface area (TPSA) is 39.4 Å². The second-order valence-corrected chi connectivity index (χ2v) is 6.04. The van der Waals surface area contributed by atoms with Gasteiger partial charge in [0.05, 0.1) is 0 Å². The van der Waals surface area contributed by atoms with Crippen molar-refractivity contribution in [3.8, 4) is 6.19 Å². The van der Waals surface area contributed by atoms with E-state index in [1.54, 1.807) is 0 Å².